The minimum Gasteiger partial charge on any atom is -0.504 e. The molecular weight excluding hydrogens is 168 g/mol. The zero-order chi connectivity index (χ0) is 9.30. The van der Waals surface area contributed by atoms with Gasteiger partial charge in [-0.15, -0.1) is 0 Å². The molecule has 1 aromatic carbocycles. The molecule has 0 spiro atoms. The molecule has 0 aliphatic carbocycles. The molecule has 1 rings (SSSR count). The minimum atomic E-state index is -0.935. The summed E-state index contributed by atoms with van der Waals surface area (Å²) < 4.78 is 0. The Hall–Kier alpha value is -1.82. The van der Waals surface area contributed by atoms with E-state index in [1.54, 1.807) is 0 Å². The third kappa shape index (κ3) is 1.04. The quantitative estimate of drug-likeness (QED) is 0.182. The van der Waals surface area contributed by atoms with Crippen LogP contribution in [0.4, 0.5) is 0 Å². The molecule has 0 atom stereocenters. The molecule has 0 saturated heterocycles. The minimum absolute atomic E-state index is 0.690. The summed E-state index contributed by atoms with van der Waals surface area (Å²) in [6, 6.07) is 0.709. The Kier molecular flexibility index (Phi) is 1.84. The van der Waals surface area contributed by atoms with Crippen LogP contribution in [0.2, 0.25) is 0 Å². The molecule has 12 heavy (non-hydrogen) atoms. The summed E-state index contributed by atoms with van der Waals surface area (Å²) in [6.07, 6.45) is 0. The summed E-state index contributed by atoms with van der Waals surface area (Å²) in [5.74, 6) is -3.94. The fourth-order valence-electron chi connectivity index (χ4n) is 0.704. The first-order valence-corrected chi connectivity index (χ1v) is 2.86. The molecule has 6 nitrogen and oxygen atoms in total. The van der Waals surface area contributed by atoms with Crippen molar-refractivity contribution in [3.8, 4) is 28.7 Å². The number of benzene rings is 1. The van der Waals surface area contributed by atoms with E-state index in [2.05, 4.69) is 4.89 Å². The zero-order valence-electron chi connectivity index (χ0n) is 5.72. The summed E-state index contributed by atoms with van der Waals surface area (Å²) in [6.45, 7) is 0. The molecular formula is C6H6O6. The second-order valence-electron chi connectivity index (χ2n) is 2.03. The monoisotopic (exact) mass is 174 g/mol. The van der Waals surface area contributed by atoms with Gasteiger partial charge >= 0.3 is 0 Å². The molecule has 0 radical (unpaired) electrons. The van der Waals surface area contributed by atoms with E-state index in [1.807, 2.05) is 0 Å². The Labute approximate surface area is 66.4 Å². The van der Waals surface area contributed by atoms with Crippen molar-refractivity contribution in [1.82, 2.24) is 0 Å². The number of hydrogen-bond acceptors (Lipinski definition) is 6. The molecule has 0 unspecified atom stereocenters. The number of phenols is 4. The molecule has 0 aromatic heterocycles. The summed E-state index contributed by atoms with van der Waals surface area (Å²) in [4.78, 5) is 3.54. The van der Waals surface area contributed by atoms with Gasteiger partial charge in [-0.2, -0.15) is 0 Å². The lowest BCUT2D eigenvalue weighted by Crippen LogP contribution is -1.85. The maximum atomic E-state index is 8.90. The van der Waals surface area contributed by atoms with E-state index < -0.39 is 28.7 Å². The average molecular weight is 174 g/mol. The summed E-state index contributed by atoms with van der Waals surface area (Å²) in [5, 5.41) is 43.5. The number of aromatic hydroxyl groups is 4. The SMILES string of the molecule is OOc1c(O)cc(O)c(O)c1O. The van der Waals surface area contributed by atoms with Crippen LogP contribution in [-0.2, 0) is 0 Å². The highest BCUT2D eigenvalue weighted by Crippen LogP contribution is 2.47. The molecule has 0 aliphatic heterocycles. The van der Waals surface area contributed by atoms with Crippen molar-refractivity contribution in [3.05, 3.63) is 6.07 Å². The van der Waals surface area contributed by atoms with Crippen LogP contribution < -0.4 is 4.89 Å². The van der Waals surface area contributed by atoms with Gasteiger partial charge in [0.05, 0.1) is 0 Å². The lowest BCUT2D eigenvalue weighted by atomic mass is 10.2. The van der Waals surface area contributed by atoms with Crippen LogP contribution in [0, 0.1) is 0 Å². The van der Waals surface area contributed by atoms with Gasteiger partial charge in [-0.1, -0.05) is 0 Å². The van der Waals surface area contributed by atoms with Gasteiger partial charge in [0.25, 0.3) is 5.75 Å². The molecule has 0 amide bonds. The van der Waals surface area contributed by atoms with Gasteiger partial charge in [0.2, 0.25) is 11.5 Å². The fraction of sp³-hybridized carbons (Fsp3) is 0. The van der Waals surface area contributed by atoms with Crippen LogP contribution in [0.5, 0.6) is 28.7 Å². The summed E-state index contributed by atoms with van der Waals surface area (Å²) >= 11 is 0. The van der Waals surface area contributed by atoms with Gasteiger partial charge < -0.3 is 25.3 Å². The van der Waals surface area contributed by atoms with Gasteiger partial charge in [0.1, 0.15) is 0 Å². The highest BCUT2D eigenvalue weighted by Gasteiger charge is 2.17. The predicted octanol–water partition coefficient (Wildman–Crippen LogP) is 0.361. The van der Waals surface area contributed by atoms with Gasteiger partial charge in [-0.3, -0.25) is 0 Å². The molecule has 66 valence electrons. The van der Waals surface area contributed by atoms with Crippen LogP contribution in [0.3, 0.4) is 0 Å². The second kappa shape index (κ2) is 2.67. The third-order valence-corrected chi connectivity index (χ3v) is 1.28. The van der Waals surface area contributed by atoms with E-state index in [0.29, 0.717) is 6.07 Å². The summed E-state index contributed by atoms with van der Waals surface area (Å²) in [7, 11) is 0. The largest absolute Gasteiger partial charge is 0.504 e. The van der Waals surface area contributed by atoms with E-state index in [0.717, 1.165) is 0 Å². The molecule has 0 heterocycles. The molecule has 0 aliphatic rings. The van der Waals surface area contributed by atoms with Crippen molar-refractivity contribution in [2.24, 2.45) is 0 Å². The van der Waals surface area contributed by atoms with Gasteiger partial charge in [-0.05, 0) is 0 Å². The topological polar surface area (TPSA) is 110 Å². The molecule has 1 aromatic rings. The fourth-order valence-corrected chi connectivity index (χ4v) is 0.704. The summed E-state index contributed by atoms with van der Waals surface area (Å²) in [5.41, 5.74) is 0. The van der Waals surface area contributed by atoms with E-state index in [4.69, 9.17) is 25.7 Å². The smallest absolute Gasteiger partial charge is 0.252 e. The van der Waals surface area contributed by atoms with Crippen molar-refractivity contribution >= 4 is 0 Å². The molecule has 0 bridgehead atoms. The Morgan fingerprint density at radius 3 is 2.00 bits per heavy atom. The Bertz CT molecular complexity index is 307. The lowest BCUT2D eigenvalue weighted by molar-refractivity contribution is -0.140. The highest BCUT2D eigenvalue weighted by molar-refractivity contribution is 5.62. The van der Waals surface area contributed by atoms with Crippen LogP contribution in [0.1, 0.15) is 0 Å². The first-order valence-electron chi connectivity index (χ1n) is 2.86. The van der Waals surface area contributed by atoms with Gasteiger partial charge in [0.15, 0.2) is 11.5 Å². The average Bonchev–Trinajstić information content (AvgIpc) is 2.01. The normalized spacial score (nSPS) is 9.75. The lowest BCUT2D eigenvalue weighted by Gasteiger charge is -2.05. The van der Waals surface area contributed by atoms with E-state index >= 15 is 0 Å². The molecule has 0 fully saturated rings. The van der Waals surface area contributed by atoms with E-state index in [1.165, 1.54) is 0 Å². The highest BCUT2D eigenvalue weighted by atomic mass is 17.1. The molecule has 6 heteroatoms. The van der Waals surface area contributed by atoms with Crippen LogP contribution in [-0.4, -0.2) is 25.7 Å². The number of phenolic OH excluding ortho intramolecular Hbond substituents is 4. The Morgan fingerprint density at radius 2 is 1.50 bits per heavy atom. The van der Waals surface area contributed by atoms with Crippen LogP contribution in [0.15, 0.2) is 6.07 Å². The van der Waals surface area contributed by atoms with E-state index in [-0.39, 0.29) is 0 Å². The Balaban J connectivity index is 3.40. The maximum Gasteiger partial charge on any atom is 0.252 e. The van der Waals surface area contributed by atoms with Crippen molar-refractivity contribution in [2.45, 2.75) is 0 Å². The van der Waals surface area contributed by atoms with Crippen molar-refractivity contribution in [2.75, 3.05) is 0 Å². The van der Waals surface area contributed by atoms with Crippen LogP contribution in [0.25, 0.3) is 0 Å². The third-order valence-electron chi connectivity index (χ3n) is 1.28. The Morgan fingerprint density at radius 1 is 0.917 bits per heavy atom. The van der Waals surface area contributed by atoms with Crippen LogP contribution >= 0.6 is 0 Å². The maximum absolute atomic E-state index is 8.90. The van der Waals surface area contributed by atoms with Gasteiger partial charge in [-0.25, -0.2) is 5.26 Å². The molecule has 0 saturated carbocycles. The van der Waals surface area contributed by atoms with Crippen molar-refractivity contribution < 1.29 is 30.6 Å². The number of hydrogen-bond donors (Lipinski definition) is 5. The first-order chi connectivity index (χ1) is 5.57. The molecule has 5 N–H and O–H groups in total. The second-order valence-corrected chi connectivity index (χ2v) is 2.03. The standard InChI is InChI=1S/C6H6O6/c7-2-1-3(8)6(12-11)5(10)4(2)9/h1,7-11H. The number of rotatable bonds is 1. The van der Waals surface area contributed by atoms with Crippen molar-refractivity contribution in [1.29, 1.82) is 0 Å². The van der Waals surface area contributed by atoms with E-state index in [9.17, 15) is 0 Å². The van der Waals surface area contributed by atoms with Crippen molar-refractivity contribution in [3.63, 3.8) is 0 Å². The van der Waals surface area contributed by atoms with Gasteiger partial charge in [0, 0.05) is 6.07 Å². The predicted molar refractivity (Wildman–Crippen MR) is 36.4 cm³/mol. The zero-order valence-corrected chi connectivity index (χ0v) is 5.72. The first kappa shape index (κ1) is 8.28.